The maximum atomic E-state index is 12.6. The van der Waals surface area contributed by atoms with Gasteiger partial charge in [0.2, 0.25) is 10.0 Å². The fraction of sp³-hybridized carbons (Fsp3) is 0.368. The van der Waals surface area contributed by atoms with Gasteiger partial charge in [0.15, 0.2) is 0 Å². The molecule has 0 radical (unpaired) electrons. The number of fused-ring (bicyclic) bond motifs is 1. The summed E-state index contributed by atoms with van der Waals surface area (Å²) in [5.41, 5.74) is 5.85. The number of rotatable bonds is 6. The Kier molecular flexibility index (Phi) is 6.63. The molecule has 0 spiro atoms. The molecule has 2 aromatic carbocycles. The molecule has 0 atom stereocenters. The van der Waals surface area contributed by atoms with Crippen molar-refractivity contribution in [3.63, 3.8) is 0 Å². The van der Waals surface area contributed by atoms with E-state index in [0.29, 0.717) is 11.4 Å². The first-order chi connectivity index (χ1) is 11.5. The Morgan fingerprint density at radius 2 is 1.68 bits per heavy atom. The topological polar surface area (TPSA) is 58.2 Å². The summed E-state index contributed by atoms with van der Waals surface area (Å²) in [5, 5.41) is 3.30. The van der Waals surface area contributed by atoms with Crippen LogP contribution in [0, 0.1) is 0 Å². The molecule has 0 saturated heterocycles. The van der Waals surface area contributed by atoms with Gasteiger partial charge in [0.25, 0.3) is 0 Å². The maximum Gasteiger partial charge on any atom is 0.240 e. The molecule has 3 rings (SSSR count). The highest BCUT2D eigenvalue weighted by Crippen LogP contribution is 2.19. The van der Waals surface area contributed by atoms with Crippen molar-refractivity contribution >= 4 is 22.4 Å². The number of sulfonamides is 1. The van der Waals surface area contributed by atoms with Crippen LogP contribution in [-0.2, 0) is 42.5 Å². The summed E-state index contributed by atoms with van der Waals surface area (Å²) in [6.45, 7) is 6.20. The van der Waals surface area contributed by atoms with Crippen LogP contribution in [0.2, 0.25) is 0 Å². The van der Waals surface area contributed by atoms with Crippen molar-refractivity contribution in [1.82, 2.24) is 10.0 Å². The molecule has 25 heavy (non-hydrogen) atoms. The van der Waals surface area contributed by atoms with Crippen LogP contribution in [0.15, 0.2) is 41.3 Å². The first-order valence-corrected chi connectivity index (χ1v) is 9.94. The van der Waals surface area contributed by atoms with E-state index < -0.39 is 10.0 Å². The highest BCUT2D eigenvalue weighted by atomic mass is 35.5. The standard InChI is InChI=1S/C19H24N2O2S.ClH/c1-3-15-7-8-19(10-16(15)4-2)24(22,23)21-11-14-5-6-17-12-20-13-18(17)9-14;/h5-10,20-21H,3-4,11-13H2,1-2H3;1H. The number of halogens is 1. The van der Waals surface area contributed by atoms with Gasteiger partial charge >= 0.3 is 0 Å². The van der Waals surface area contributed by atoms with Crippen LogP contribution in [0.4, 0.5) is 0 Å². The van der Waals surface area contributed by atoms with Crippen molar-refractivity contribution in [2.24, 2.45) is 0 Å². The molecule has 0 amide bonds. The number of hydrogen-bond donors (Lipinski definition) is 2. The SMILES string of the molecule is CCc1ccc(S(=O)(=O)NCc2ccc3c(c2)CNC3)cc1CC.Cl. The number of nitrogens with one attached hydrogen (secondary N) is 2. The van der Waals surface area contributed by atoms with E-state index in [9.17, 15) is 8.42 Å². The molecule has 0 aliphatic carbocycles. The first-order valence-electron chi connectivity index (χ1n) is 8.46. The highest BCUT2D eigenvalue weighted by molar-refractivity contribution is 7.89. The van der Waals surface area contributed by atoms with Gasteiger partial charge in [0, 0.05) is 19.6 Å². The Morgan fingerprint density at radius 1 is 0.960 bits per heavy atom. The first kappa shape index (κ1) is 19.9. The zero-order chi connectivity index (χ0) is 17.2. The third-order valence-electron chi connectivity index (χ3n) is 4.62. The van der Waals surface area contributed by atoms with Gasteiger partial charge in [-0.15, -0.1) is 12.4 Å². The molecule has 0 bridgehead atoms. The van der Waals surface area contributed by atoms with E-state index in [0.717, 1.165) is 37.1 Å². The van der Waals surface area contributed by atoms with Crippen molar-refractivity contribution in [3.8, 4) is 0 Å². The summed E-state index contributed by atoms with van der Waals surface area (Å²) < 4.78 is 27.9. The molecule has 2 aromatic rings. The van der Waals surface area contributed by atoms with Gasteiger partial charge in [-0.3, -0.25) is 0 Å². The van der Waals surface area contributed by atoms with E-state index in [-0.39, 0.29) is 12.4 Å². The summed E-state index contributed by atoms with van der Waals surface area (Å²) in [6, 6.07) is 11.6. The average molecular weight is 381 g/mol. The molecule has 1 aliphatic heterocycles. The van der Waals surface area contributed by atoms with E-state index >= 15 is 0 Å². The Morgan fingerprint density at radius 3 is 2.40 bits per heavy atom. The second-order valence-electron chi connectivity index (χ2n) is 6.17. The van der Waals surface area contributed by atoms with E-state index in [4.69, 9.17) is 0 Å². The normalized spacial score (nSPS) is 13.4. The van der Waals surface area contributed by atoms with Gasteiger partial charge < -0.3 is 5.32 Å². The van der Waals surface area contributed by atoms with Gasteiger partial charge in [-0.2, -0.15) is 0 Å². The predicted octanol–water partition coefficient (Wildman–Crippen LogP) is 3.31. The molecule has 4 nitrogen and oxygen atoms in total. The van der Waals surface area contributed by atoms with E-state index in [1.165, 1.54) is 16.7 Å². The van der Waals surface area contributed by atoms with Crippen molar-refractivity contribution in [2.75, 3.05) is 0 Å². The van der Waals surface area contributed by atoms with Crippen molar-refractivity contribution in [2.45, 2.75) is 51.2 Å². The monoisotopic (exact) mass is 380 g/mol. The largest absolute Gasteiger partial charge is 0.309 e. The van der Waals surface area contributed by atoms with Gasteiger partial charge in [-0.1, -0.05) is 38.1 Å². The summed E-state index contributed by atoms with van der Waals surface area (Å²) in [7, 11) is -3.50. The number of aryl methyl sites for hydroxylation is 2. The summed E-state index contributed by atoms with van der Waals surface area (Å²) in [4.78, 5) is 0.347. The molecule has 1 aliphatic rings. The lowest BCUT2D eigenvalue weighted by Crippen LogP contribution is -2.23. The zero-order valence-electron chi connectivity index (χ0n) is 14.6. The second-order valence-corrected chi connectivity index (χ2v) is 7.94. The fourth-order valence-electron chi connectivity index (χ4n) is 3.16. The van der Waals surface area contributed by atoms with Gasteiger partial charge in [-0.25, -0.2) is 13.1 Å². The Bertz CT molecular complexity index is 850. The third kappa shape index (κ3) is 4.42. The van der Waals surface area contributed by atoms with Crippen molar-refractivity contribution in [1.29, 1.82) is 0 Å². The minimum absolute atomic E-state index is 0. The predicted molar refractivity (Wildman–Crippen MR) is 103 cm³/mol. The molecule has 0 aromatic heterocycles. The molecule has 0 saturated carbocycles. The lowest BCUT2D eigenvalue weighted by Gasteiger charge is -2.11. The van der Waals surface area contributed by atoms with Crippen LogP contribution in [-0.4, -0.2) is 8.42 Å². The molecule has 136 valence electrons. The smallest absolute Gasteiger partial charge is 0.240 e. The van der Waals surface area contributed by atoms with Crippen LogP contribution in [0.25, 0.3) is 0 Å². The molecule has 1 heterocycles. The lowest BCUT2D eigenvalue weighted by atomic mass is 10.0. The van der Waals surface area contributed by atoms with Gasteiger partial charge in [0.1, 0.15) is 0 Å². The fourth-order valence-corrected chi connectivity index (χ4v) is 4.23. The lowest BCUT2D eigenvalue weighted by molar-refractivity contribution is 0.581. The molecule has 0 unspecified atom stereocenters. The number of benzene rings is 2. The molecular formula is C19H25ClN2O2S. The quantitative estimate of drug-likeness (QED) is 0.808. The van der Waals surface area contributed by atoms with Crippen LogP contribution < -0.4 is 10.0 Å². The van der Waals surface area contributed by atoms with E-state index in [2.05, 4.69) is 36.0 Å². The molecule has 0 fully saturated rings. The Hall–Kier alpha value is -1.40. The summed E-state index contributed by atoms with van der Waals surface area (Å²) >= 11 is 0. The minimum Gasteiger partial charge on any atom is -0.309 e. The van der Waals surface area contributed by atoms with Crippen molar-refractivity contribution in [3.05, 3.63) is 64.2 Å². The van der Waals surface area contributed by atoms with Gasteiger partial charge in [0.05, 0.1) is 4.90 Å². The van der Waals surface area contributed by atoms with Crippen LogP contribution in [0.3, 0.4) is 0 Å². The summed E-state index contributed by atoms with van der Waals surface area (Å²) in [6.07, 6.45) is 1.75. The average Bonchev–Trinajstić information content (AvgIpc) is 3.07. The molecule has 2 N–H and O–H groups in total. The number of hydrogen-bond acceptors (Lipinski definition) is 3. The van der Waals surface area contributed by atoms with Crippen LogP contribution in [0.5, 0.6) is 0 Å². The van der Waals surface area contributed by atoms with E-state index in [1.807, 2.05) is 12.1 Å². The zero-order valence-corrected chi connectivity index (χ0v) is 16.3. The van der Waals surface area contributed by atoms with Crippen LogP contribution >= 0.6 is 12.4 Å². The third-order valence-corrected chi connectivity index (χ3v) is 6.02. The van der Waals surface area contributed by atoms with Crippen molar-refractivity contribution < 1.29 is 8.42 Å². The summed E-state index contributed by atoms with van der Waals surface area (Å²) in [5.74, 6) is 0. The Labute approximate surface area is 156 Å². The Balaban J connectivity index is 0.00000225. The molecule has 6 heteroatoms. The minimum atomic E-state index is -3.50. The molecular weight excluding hydrogens is 356 g/mol. The van der Waals surface area contributed by atoms with Crippen LogP contribution in [0.1, 0.15) is 41.7 Å². The maximum absolute atomic E-state index is 12.6. The second kappa shape index (κ2) is 8.32. The van der Waals surface area contributed by atoms with Gasteiger partial charge in [-0.05, 0) is 52.8 Å². The highest BCUT2D eigenvalue weighted by Gasteiger charge is 2.16. The van der Waals surface area contributed by atoms with E-state index in [1.54, 1.807) is 12.1 Å².